The molecule has 0 amide bonds. The van der Waals surface area contributed by atoms with E-state index in [1.807, 2.05) is 0 Å². The Morgan fingerprint density at radius 3 is 2.78 bits per heavy atom. The molecule has 0 aromatic rings. The second-order valence-electron chi connectivity index (χ2n) is 6.46. The molecule has 0 aromatic carbocycles. The van der Waals surface area contributed by atoms with E-state index in [0.29, 0.717) is 12.0 Å². The van der Waals surface area contributed by atoms with Crippen molar-refractivity contribution in [3.8, 4) is 0 Å². The van der Waals surface area contributed by atoms with Crippen LogP contribution in [0.5, 0.6) is 0 Å². The van der Waals surface area contributed by atoms with Gasteiger partial charge in [-0.1, -0.05) is 26.2 Å². The average molecular weight is 254 g/mol. The van der Waals surface area contributed by atoms with Crippen LogP contribution in [0.2, 0.25) is 0 Å². The summed E-state index contributed by atoms with van der Waals surface area (Å²) in [5, 5.41) is 0. The lowest BCUT2D eigenvalue weighted by Crippen LogP contribution is -2.58. The van der Waals surface area contributed by atoms with Crippen LogP contribution >= 0.6 is 0 Å². The van der Waals surface area contributed by atoms with Crippen molar-refractivity contribution in [3.05, 3.63) is 0 Å². The van der Waals surface area contributed by atoms with Gasteiger partial charge in [-0.2, -0.15) is 0 Å². The molecule has 1 saturated heterocycles. The minimum Gasteiger partial charge on any atom is -0.374 e. The SMILES string of the molecule is CCC1CCCC(C(NN)C2(C)CCCCO2)C1. The Balaban J connectivity index is 2.02. The Labute approximate surface area is 112 Å². The fraction of sp³-hybridized carbons (Fsp3) is 1.00. The molecule has 3 heteroatoms. The lowest BCUT2D eigenvalue weighted by molar-refractivity contribution is -0.105. The van der Waals surface area contributed by atoms with Gasteiger partial charge < -0.3 is 4.74 Å². The van der Waals surface area contributed by atoms with E-state index in [-0.39, 0.29) is 5.60 Å². The lowest BCUT2D eigenvalue weighted by Gasteiger charge is -2.46. The first kappa shape index (κ1) is 14.3. The lowest BCUT2D eigenvalue weighted by atomic mass is 9.71. The highest BCUT2D eigenvalue weighted by molar-refractivity contribution is 4.96. The fourth-order valence-electron chi connectivity index (χ4n) is 4.02. The molecule has 0 radical (unpaired) electrons. The topological polar surface area (TPSA) is 47.3 Å². The number of nitrogens with two attached hydrogens (primary N) is 1. The summed E-state index contributed by atoms with van der Waals surface area (Å²) in [4.78, 5) is 0. The van der Waals surface area contributed by atoms with Crippen LogP contribution in [-0.4, -0.2) is 18.2 Å². The molecular formula is C15H30N2O. The van der Waals surface area contributed by atoms with E-state index in [1.54, 1.807) is 0 Å². The van der Waals surface area contributed by atoms with Crippen molar-refractivity contribution in [1.29, 1.82) is 0 Å². The molecule has 0 bridgehead atoms. The van der Waals surface area contributed by atoms with Gasteiger partial charge in [0.25, 0.3) is 0 Å². The van der Waals surface area contributed by atoms with Crippen molar-refractivity contribution in [2.24, 2.45) is 17.7 Å². The molecule has 3 N–H and O–H groups in total. The Bertz CT molecular complexity index is 251. The molecule has 1 aliphatic carbocycles. The summed E-state index contributed by atoms with van der Waals surface area (Å²) in [5.41, 5.74) is 3.05. The number of hydrazine groups is 1. The van der Waals surface area contributed by atoms with Crippen molar-refractivity contribution in [3.63, 3.8) is 0 Å². The zero-order chi connectivity index (χ0) is 13.0. The van der Waals surface area contributed by atoms with E-state index in [4.69, 9.17) is 10.6 Å². The van der Waals surface area contributed by atoms with Crippen molar-refractivity contribution in [1.82, 2.24) is 5.43 Å². The molecule has 1 saturated carbocycles. The second kappa shape index (κ2) is 6.36. The van der Waals surface area contributed by atoms with E-state index >= 15 is 0 Å². The normalized spacial score (nSPS) is 39.5. The third kappa shape index (κ3) is 3.06. The van der Waals surface area contributed by atoms with Crippen molar-refractivity contribution >= 4 is 0 Å². The summed E-state index contributed by atoms with van der Waals surface area (Å²) < 4.78 is 6.10. The molecule has 18 heavy (non-hydrogen) atoms. The molecule has 1 heterocycles. The van der Waals surface area contributed by atoms with E-state index in [0.717, 1.165) is 18.9 Å². The van der Waals surface area contributed by atoms with Crippen molar-refractivity contribution < 1.29 is 4.74 Å². The third-order valence-corrected chi connectivity index (χ3v) is 5.21. The van der Waals surface area contributed by atoms with Gasteiger partial charge >= 0.3 is 0 Å². The Hall–Kier alpha value is -0.120. The van der Waals surface area contributed by atoms with Gasteiger partial charge in [-0.05, 0) is 50.9 Å². The van der Waals surface area contributed by atoms with Gasteiger partial charge in [0.05, 0.1) is 11.6 Å². The number of hydrogen-bond acceptors (Lipinski definition) is 3. The van der Waals surface area contributed by atoms with E-state index in [1.165, 1.54) is 44.9 Å². The number of nitrogens with one attached hydrogen (secondary N) is 1. The van der Waals surface area contributed by atoms with Gasteiger partial charge in [-0.25, -0.2) is 0 Å². The molecule has 1 aliphatic heterocycles. The van der Waals surface area contributed by atoms with Crippen molar-refractivity contribution in [2.45, 2.75) is 76.9 Å². The minimum atomic E-state index is -0.0483. The molecule has 2 fully saturated rings. The zero-order valence-corrected chi connectivity index (χ0v) is 12.1. The minimum absolute atomic E-state index is 0.0483. The Kier molecular flexibility index (Phi) is 5.05. The van der Waals surface area contributed by atoms with Gasteiger partial charge in [-0.3, -0.25) is 11.3 Å². The highest BCUT2D eigenvalue weighted by Gasteiger charge is 2.41. The maximum atomic E-state index is 6.10. The maximum absolute atomic E-state index is 6.10. The molecule has 0 aromatic heterocycles. The number of hydrogen-bond donors (Lipinski definition) is 2. The van der Waals surface area contributed by atoms with Crippen LogP contribution in [0.1, 0.15) is 65.2 Å². The second-order valence-corrected chi connectivity index (χ2v) is 6.46. The third-order valence-electron chi connectivity index (χ3n) is 5.21. The monoisotopic (exact) mass is 254 g/mol. The quantitative estimate of drug-likeness (QED) is 0.599. The van der Waals surface area contributed by atoms with Crippen LogP contribution in [0, 0.1) is 11.8 Å². The molecule has 106 valence electrons. The van der Waals surface area contributed by atoms with Crippen LogP contribution in [-0.2, 0) is 4.74 Å². The highest BCUT2D eigenvalue weighted by Crippen LogP contribution is 2.39. The standard InChI is InChI=1S/C15H30N2O/c1-3-12-7-6-8-13(11-12)14(17-16)15(2)9-4-5-10-18-15/h12-14,17H,3-11,16H2,1-2H3. The largest absolute Gasteiger partial charge is 0.374 e. The van der Waals surface area contributed by atoms with E-state index < -0.39 is 0 Å². The van der Waals surface area contributed by atoms with E-state index in [9.17, 15) is 0 Å². The van der Waals surface area contributed by atoms with Crippen LogP contribution in [0.15, 0.2) is 0 Å². The number of rotatable bonds is 4. The van der Waals surface area contributed by atoms with Gasteiger partial charge in [0.15, 0.2) is 0 Å². The molecule has 4 atom stereocenters. The number of ether oxygens (including phenoxy) is 1. The van der Waals surface area contributed by atoms with Gasteiger partial charge in [0, 0.05) is 6.61 Å². The van der Waals surface area contributed by atoms with Crippen LogP contribution in [0.4, 0.5) is 0 Å². The maximum Gasteiger partial charge on any atom is 0.0822 e. The molecule has 0 spiro atoms. The van der Waals surface area contributed by atoms with E-state index in [2.05, 4.69) is 19.3 Å². The summed E-state index contributed by atoms with van der Waals surface area (Å²) in [6.07, 6.45) is 10.3. The molecule has 2 rings (SSSR count). The fourth-order valence-corrected chi connectivity index (χ4v) is 4.02. The molecule has 2 aliphatic rings. The van der Waals surface area contributed by atoms with Crippen LogP contribution in [0.3, 0.4) is 0 Å². The average Bonchev–Trinajstić information content (AvgIpc) is 2.40. The van der Waals surface area contributed by atoms with Crippen molar-refractivity contribution in [2.75, 3.05) is 6.61 Å². The predicted molar refractivity (Wildman–Crippen MR) is 75.1 cm³/mol. The smallest absolute Gasteiger partial charge is 0.0822 e. The summed E-state index contributed by atoms with van der Waals surface area (Å²) in [7, 11) is 0. The summed E-state index contributed by atoms with van der Waals surface area (Å²) in [6.45, 7) is 5.47. The van der Waals surface area contributed by atoms with Gasteiger partial charge in [-0.15, -0.1) is 0 Å². The molecule has 4 unspecified atom stereocenters. The first-order chi connectivity index (χ1) is 8.69. The Morgan fingerprint density at radius 2 is 2.17 bits per heavy atom. The summed E-state index contributed by atoms with van der Waals surface area (Å²) in [6, 6.07) is 0.326. The molecular weight excluding hydrogens is 224 g/mol. The predicted octanol–water partition coefficient (Wildman–Crippen LogP) is 2.99. The zero-order valence-electron chi connectivity index (χ0n) is 12.1. The van der Waals surface area contributed by atoms with Gasteiger partial charge in [0.1, 0.15) is 0 Å². The van der Waals surface area contributed by atoms with Gasteiger partial charge in [0.2, 0.25) is 0 Å². The van der Waals surface area contributed by atoms with Crippen LogP contribution < -0.4 is 11.3 Å². The van der Waals surface area contributed by atoms with Crippen LogP contribution in [0.25, 0.3) is 0 Å². The summed E-state index contributed by atoms with van der Waals surface area (Å²) in [5.74, 6) is 7.46. The Morgan fingerprint density at radius 1 is 1.33 bits per heavy atom. The first-order valence-electron chi connectivity index (χ1n) is 7.79. The molecule has 3 nitrogen and oxygen atoms in total. The first-order valence-corrected chi connectivity index (χ1v) is 7.79. The highest BCUT2D eigenvalue weighted by atomic mass is 16.5. The summed E-state index contributed by atoms with van der Waals surface area (Å²) >= 11 is 0.